The van der Waals surface area contributed by atoms with Crippen LogP contribution < -0.4 is 10.0 Å². The molecule has 0 saturated heterocycles. The lowest BCUT2D eigenvalue weighted by molar-refractivity contribution is 0.0956. The molecule has 0 fully saturated rings. The van der Waals surface area contributed by atoms with Crippen LogP contribution in [-0.4, -0.2) is 32.7 Å². The molecule has 7 heteroatoms. The second-order valence-electron chi connectivity index (χ2n) is 5.72. The van der Waals surface area contributed by atoms with E-state index >= 15 is 0 Å². The Morgan fingerprint density at radius 1 is 1.04 bits per heavy atom. The summed E-state index contributed by atoms with van der Waals surface area (Å²) in [7, 11) is -3.54. The van der Waals surface area contributed by atoms with Gasteiger partial charge >= 0.3 is 0 Å². The number of hydrogen-bond acceptors (Lipinski definition) is 4. The number of sulfonamides is 1. The van der Waals surface area contributed by atoms with Crippen LogP contribution in [0.1, 0.15) is 24.2 Å². The van der Waals surface area contributed by atoms with E-state index in [1.54, 1.807) is 25.6 Å². The van der Waals surface area contributed by atoms with Crippen LogP contribution in [0.2, 0.25) is 0 Å². The zero-order valence-electron chi connectivity index (χ0n) is 14.2. The van der Waals surface area contributed by atoms with E-state index in [0.29, 0.717) is 12.1 Å². The van der Waals surface area contributed by atoms with Gasteiger partial charge in [-0.1, -0.05) is 18.2 Å². The molecule has 0 spiro atoms. The van der Waals surface area contributed by atoms with Gasteiger partial charge in [-0.2, -0.15) is 0 Å². The average molecular weight is 379 g/mol. The highest BCUT2D eigenvalue weighted by Gasteiger charge is 2.15. The third-order valence-corrected chi connectivity index (χ3v) is 5.91. The molecule has 0 aliphatic carbocycles. The van der Waals surface area contributed by atoms with Gasteiger partial charge < -0.3 is 5.32 Å². The number of nitrogens with one attached hydrogen (secondary N) is 2. The summed E-state index contributed by atoms with van der Waals surface area (Å²) in [5, 5.41) is 2.83. The van der Waals surface area contributed by atoms with Gasteiger partial charge in [0.15, 0.2) is 0 Å². The first-order valence-corrected chi connectivity index (χ1v) is 10.4. The molecular formula is C18H22N2O3S2. The van der Waals surface area contributed by atoms with Crippen LogP contribution in [-0.2, 0) is 10.0 Å². The van der Waals surface area contributed by atoms with E-state index in [4.69, 9.17) is 0 Å². The molecule has 5 nitrogen and oxygen atoms in total. The van der Waals surface area contributed by atoms with Gasteiger partial charge in [-0.25, -0.2) is 13.1 Å². The van der Waals surface area contributed by atoms with Crippen LogP contribution in [0.5, 0.6) is 0 Å². The van der Waals surface area contributed by atoms with Crippen molar-refractivity contribution in [1.29, 1.82) is 0 Å². The van der Waals surface area contributed by atoms with Crippen molar-refractivity contribution in [3.8, 4) is 0 Å². The predicted molar refractivity (Wildman–Crippen MR) is 101 cm³/mol. The minimum absolute atomic E-state index is 0.150. The second-order valence-corrected chi connectivity index (χ2v) is 8.60. The fraction of sp³-hybridized carbons (Fsp3) is 0.278. The number of rotatable bonds is 8. The van der Waals surface area contributed by atoms with Crippen molar-refractivity contribution in [3.63, 3.8) is 0 Å². The Kier molecular flexibility index (Phi) is 7.04. The standard InChI is InChI=1S/C18H22N2O3S2/c1-14(2)20-25(22,23)17-10-8-15(9-11-17)18(21)19-12-13-24-16-6-4-3-5-7-16/h3-11,14,20H,12-13H2,1-2H3,(H,19,21). The van der Waals surface area contributed by atoms with Crippen LogP contribution in [0, 0.1) is 0 Å². The van der Waals surface area contributed by atoms with E-state index in [0.717, 1.165) is 10.6 Å². The third kappa shape index (κ3) is 6.19. The first-order valence-electron chi connectivity index (χ1n) is 7.97. The molecule has 1 amide bonds. The number of carbonyl (C=O) groups excluding carboxylic acids is 1. The monoisotopic (exact) mass is 378 g/mol. The molecule has 0 saturated carbocycles. The lowest BCUT2D eigenvalue weighted by Crippen LogP contribution is -2.30. The second kappa shape index (κ2) is 9.03. The zero-order chi connectivity index (χ0) is 18.3. The number of benzene rings is 2. The highest BCUT2D eigenvalue weighted by Crippen LogP contribution is 2.16. The predicted octanol–water partition coefficient (Wildman–Crippen LogP) is 2.90. The highest BCUT2D eigenvalue weighted by molar-refractivity contribution is 7.99. The van der Waals surface area contributed by atoms with E-state index in [1.807, 2.05) is 30.3 Å². The molecule has 25 heavy (non-hydrogen) atoms. The summed E-state index contributed by atoms with van der Waals surface area (Å²) in [5.74, 6) is 0.551. The summed E-state index contributed by atoms with van der Waals surface area (Å²) in [6.07, 6.45) is 0. The fourth-order valence-electron chi connectivity index (χ4n) is 2.12. The van der Waals surface area contributed by atoms with Gasteiger partial charge in [0.25, 0.3) is 5.91 Å². The number of hydrogen-bond donors (Lipinski definition) is 2. The summed E-state index contributed by atoms with van der Waals surface area (Å²) in [6, 6.07) is 15.7. The van der Waals surface area contributed by atoms with Gasteiger partial charge in [0, 0.05) is 28.8 Å². The summed E-state index contributed by atoms with van der Waals surface area (Å²) in [4.78, 5) is 13.4. The van der Waals surface area contributed by atoms with Crippen LogP contribution in [0.25, 0.3) is 0 Å². The van der Waals surface area contributed by atoms with Gasteiger partial charge in [0.2, 0.25) is 10.0 Å². The van der Waals surface area contributed by atoms with Gasteiger partial charge in [-0.05, 0) is 50.2 Å². The van der Waals surface area contributed by atoms with Crippen molar-refractivity contribution in [2.45, 2.75) is 29.7 Å². The fourth-order valence-corrected chi connectivity index (χ4v) is 4.16. The van der Waals surface area contributed by atoms with E-state index in [1.165, 1.54) is 24.3 Å². The Hall–Kier alpha value is -1.83. The third-order valence-electron chi connectivity index (χ3n) is 3.22. The number of carbonyl (C=O) groups is 1. The molecule has 0 aromatic heterocycles. The van der Waals surface area contributed by atoms with Crippen molar-refractivity contribution < 1.29 is 13.2 Å². The molecule has 0 heterocycles. The van der Waals surface area contributed by atoms with Crippen molar-refractivity contribution in [3.05, 3.63) is 60.2 Å². The molecule has 2 aromatic carbocycles. The zero-order valence-corrected chi connectivity index (χ0v) is 15.9. The van der Waals surface area contributed by atoms with Crippen LogP contribution >= 0.6 is 11.8 Å². The molecule has 0 bridgehead atoms. The molecule has 0 aliphatic heterocycles. The molecule has 134 valence electrons. The number of amides is 1. The molecule has 2 N–H and O–H groups in total. The molecule has 2 rings (SSSR count). The molecular weight excluding hydrogens is 356 g/mol. The van der Waals surface area contributed by atoms with E-state index in [9.17, 15) is 13.2 Å². The summed E-state index contributed by atoms with van der Waals surface area (Å²) >= 11 is 1.67. The quantitative estimate of drug-likeness (QED) is 0.547. The minimum atomic E-state index is -3.54. The van der Waals surface area contributed by atoms with Gasteiger partial charge in [-0.15, -0.1) is 11.8 Å². The average Bonchev–Trinajstić information content (AvgIpc) is 2.58. The first kappa shape index (κ1) is 19.5. The molecule has 0 aliphatic rings. The maximum Gasteiger partial charge on any atom is 0.251 e. The molecule has 2 aromatic rings. The van der Waals surface area contributed by atoms with E-state index in [2.05, 4.69) is 10.0 Å². The van der Waals surface area contributed by atoms with Crippen LogP contribution in [0.4, 0.5) is 0 Å². The topological polar surface area (TPSA) is 75.3 Å². The lowest BCUT2D eigenvalue weighted by atomic mass is 10.2. The molecule has 0 radical (unpaired) electrons. The van der Waals surface area contributed by atoms with Gasteiger partial charge in [0.05, 0.1) is 4.90 Å². The highest BCUT2D eigenvalue weighted by atomic mass is 32.2. The summed E-state index contributed by atoms with van der Waals surface area (Å²) in [5.41, 5.74) is 0.438. The van der Waals surface area contributed by atoms with Gasteiger partial charge in [-0.3, -0.25) is 4.79 Å². The number of thioether (sulfide) groups is 1. The first-order chi connectivity index (χ1) is 11.9. The maximum absolute atomic E-state index is 12.1. The largest absolute Gasteiger partial charge is 0.351 e. The lowest BCUT2D eigenvalue weighted by Gasteiger charge is -2.10. The normalized spacial score (nSPS) is 11.5. The smallest absolute Gasteiger partial charge is 0.251 e. The van der Waals surface area contributed by atoms with Crippen LogP contribution in [0.3, 0.4) is 0 Å². The van der Waals surface area contributed by atoms with Crippen molar-refractivity contribution in [2.75, 3.05) is 12.3 Å². The van der Waals surface area contributed by atoms with Crippen molar-refractivity contribution in [2.24, 2.45) is 0 Å². The minimum Gasteiger partial charge on any atom is -0.351 e. The van der Waals surface area contributed by atoms with Gasteiger partial charge in [0.1, 0.15) is 0 Å². The Bertz CT molecular complexity index is 789. The van der Waals surface area contributed by atoms with E-state index in [-0.39, 0.29) is 16.8 Å². The van der Waals surface area contributed by atoms with Crippen LogP contribution in [0.15, 0.2) is 64.4 Å². The van der Waals surface area contributed by atoms with Crippen molar-refractivity contribution >= 4 is 27.7 Å². The summed E-state index contributed by atoms with van der Waals surface area (Å²) < 4.78 is 26.6. The Labute approximate surface area is 153 Å². The van der Waals surface area contributed by atoms with Crippen molar-refractivity contribution in [1.82, 2.24) is 10.0 Å². The maximum atomic E-state index is 12.1. The SMILES string of the molecule is CC(C)NS(=O)(=O)c1ccc(C(=O)NCCSc2ccccc2)cc1. The Morgan fingerprint density at radius 3 is 2.28 bits per heavy atom. The molecule has 0 unspecified atom stereocenters. The molecule has 0 atom stereocenters. The summed E-state index contributed by atoms with van der Waals surface area (Å²) in [6.45, 7) is 4.05. The Morgan fingerprint density at radius 2 is 1.68 bits per heavy atom. The Balaban J connectivity index is 1.86. The van der Waals surface area contributed by atoms with E-state index < -0.39 is 10.0 Å².